The molecule has 0 fully saturated rings. The largest absolute Gasteiger partial charge is 0.320 e. The molecule has 4 heteroatoms. The van der Waals surface area contributed by atoms with Crippen LogP contribution in [0, 0.1) is 12.8 Å². The van der Waals surface area contributed by atoms with E-state index in [1.54, 1.807) is 6.20 Å². The Labute approximate surface area is 96.3 Å². The van der Waals surface area contributed by atoms with Gasteiger partial charge in [-0.15, -0.1) is 0 Å². The third-order valence-corrected chi connectivity index (χ3v) is 2.23. The minimum absolute atomic E-state index is 0.174. The molecule has 1 rings (SSSR count). The molecule has 0 radical (unpaired) electrons. The van der Waals surface area contributed by atoms with E-state index in [2.05, 4.69) is 10.3 Å². The molecule has 1 aromatic rings. The van der Waals surface area contributed by atoms with E-state index < -0.39 is 6.04 Å². The minimum atomic E-state index is -0.470. The number of aromatic nitrogens is 1. The van der Waals surface area contributed by atoms with Crippen molar-refractivity contribution < 1.29 is 4.79 Å². The Hall–Kier alpha value is -1.42. The number of aryl methyl sites for hydroxylation is 1. The predicted octanol–water partition coefficient (Wildman–Crippen LogP) is 1.70. The maximum Gasteiger partial charge on any atom is 0.242 e. The van der Waals surface area contributed by atoms with Crippen molar-refractivity contribution >= 4 is 11.7 Å². The molecule has 88 valence electrons. The van der Waals surface area contributed by atoms with E-state index in [1.807, 2.05) is 32.9 Å². The van der Waals surface area contributed by atoms with E-state index in [-0.39, 0.29) is 5.91 Å². The summed E-state index contributed by atoms with van der Waals surface area (Å²) in [5.74, 6) is 0.794. The van der Waals surface area contributed by atoms with Gasteiger partial charge in [0, 0.05) is 6.20 Å². The molecule has 0 saturated heterocycles. The fourth-order valence-electron chi connectivity index (χ4n) is 1.44. The summed E-state index contributed by atoms with van der Waals surface area (Å²) in [5.41, 5.74) is 6.82. The van der Waals surface area contributed by atoms with Gasteiger partial charge in [-0.1, -0.05) is 13.8 Å². The Morgan fingerprint density at radius 3 is 2.81 bits per heavy atom. The molecule has 0 bridgehead atoms. The molecule has 0 saturated carbocycles. The summed E-state index contributed by atoms with van der Waals surface area (Å²) in [6.45, 7) is 6.03. The maximum absolute atomic E-state index is 11.7. The van der Waals surface area contributed by atoms with Gasteiger partial charge < -0.3 is 11.1 Å². The molecule has 16 heavy (non-hydrogen) atoms. The molecule has 0 unspecified atom stereocenters. The van der Waals surface area contributed by atoms with Gasteiger partial charge in [-0.3, -0.25) is 4.79 Å². The summed E-state index contributed by atoms with van der Waals surface area (Å²) in [6.07, 6.45) is 2.34. The van der Waals surface area contributed by atoms with Crippen LogP contribution < -0.4 is 11.1 Å². The monoisotopic (exact) mass is 221 g/mol. The fourth-order valence-corrected chi connectivity index (χ4v) is 1.44. The lowest BCUT2D eigenvalue weighted by molar-refractivity contribution is -0.117. The molecule has 0 aliphatic carbocycles. The first-order valence-electron chi connectivity index (χ1n) is 5.48. The van der Waals surface area contributed by atoms with Crippen molar-refractivity contribution in [2.75, 3.05) is 5.32 Å². The van der Waals surface area contributed by atoms with E-state index in [0.29, 0.717) is 18.2 Å². The van der Waals surface area contributed by atoms with Gasteiger partial charge in [-0.2, -0.15) is 0 Å². The van der Waals surface area contributed by atoms with Crippen LogP contribution in [0.5, 0.6) is 0 Å². The normalized spacial score (nSPS) is 12.6. The second-order valence-electron chi connectivity index (χ2n) is 4.44. The van der Waals surface area contributed by atoms with Crippen LogP contribution in [-0.4, -0.2) is 16.9 Å². The molecule has 0 aliphatic rings. The van der Waals surface area contributed by atoms with E-state index in [1.165, 1.54) is 0 Å². The van der Waals surface area contributed by atoms with Crippen LogP contribution in [0.2, 0.25) is 0 Å². The van der Waals surface area contributed by atoms with Gasteiger partial charge in [0.1, 0.15) is 5.82 Å². The first-order valence-corrected chi connectivity index (χ1v) is 5.48. The van der Waals surface area contributed by atoms with Crippen LogP contribution in [-0.2, 0) is 4.79 Å². The highest BCUT2D eigenvalue weighted by molar-refractivity contribution is 5.93. The topological polar surface area (TPSA) is 68.0 Å². The summed E-state index contributed by atoms with van der Waals surface area (Å²) in [5, 5.41) is 2.71. The standard InChI is InChI=1S/C12H19N3O/c1-8(2)6-10(13)12(16)15-11-7-9(3)4-5-14-11/h4-5,7-8,10H,6,13H2,1-3H3,(H,14,15,16)/t10-/m1/s1. The van der Waals surface area contributed by atoms with Crippen molar-refractivity contribution in [3.63, 3.8) is 0 Å². The van der Waals surface area contributed by atoms with Crippen LogP contribution in [0.3, 0.4) is 0 Å². The van der Waals surface area contributed by atoms with Gasteiger partial charge >= 0.3 is 0 Å². The molecule has 0 spiro atoms. The zero-order valence-electron chi connectivity index (χ0n) is 10.0. The summed E-state index contributed by atoms with van der Waals surface area (Å²) < 4.78 is 0. The maximum atomic E-state index is 11.7. The van der Waals surface area contributed by atoms with Crippen molar-refractivity contribution in [1.82, 2.24) is 4.98 Å². The van der Waals surface area contributed by atoms with Crippen LogP contribution in [0.4, 0.5) is 5.82 Å². The number of hydrogen-bond acceptors (Lipinski definition) is 3. The number of nitrogens with one attached hydrogen (secondary N) is 1. The predicted molar refractivity (Wildman–Crippen MR) is 65.0 cm³/mol. The van der Waals surface area contributed by atoms with Gasteiger partial charge in [-0.05, 0) is 37.0 Å². The van der Waals surface area contributed by atoms with Gasteiger partial charge in [-0.25, -0.2) is 4.98 Å². The molecule has 3 N–H and O–H groups in total. The third kappa shape index (κ3) is 3.98. The average molecular weight is 221 g/mol. The molecule has 1 atom stereocenters. The highest BCUT2D eigenvalue weighted by atomic mass is 16.2. The molecular weight excluding hydrogens is 202 g/mol. The van der Waals surface area contributed by atoms with Crippen LogP contribution >= 0.6 is 0 Å². The van der Waals surface area contributed by atoms with E-state index in [4.69, 9.17) is 5.73 Å². The number of carbonyl (C=O) groups is 1. The summed E-state index contributed by atoms with van der Waals surface area (Å²) in [4.78, 5) is 15.7. The number of rotatable bonds is 4. The number of pyridine rings is 1. The Morgan fingerprint density at radius 2 is 2.25 bits per heavy atom. The lowest BCUT2D eigenvalue weighted by Gasteiger charge is -2.13. The van der Waals surface area contributed by atoms with E-state index >= 15 is 0 Å². The minimum Gasteiger partial charge on any atom is -0.320 e. The van der Waals surface area contributed by atoms with Gasteiger partial charge in [0.2, 0.25) is 5.91 Å². The summed E-state index contributed by atoms with van der Waals surface area (Å²) >= 11 is 0. The van der Waals surface area contributed by atoms with Gasteiger partial charge in [0.25, 0.3) is 0 Å². The molecule has 1 heterocycles. The molecule has 0 aliphatic heterocycles. The van der Waals surface area contributed by atoms with Crippen molar-refractivity contribution in [3.8, 4) is 0 Å². The van der Waals surface area contributed by atoms with Gasteiger partial charge in [0.05, 0.1) is 6.04 Å². The number of nitrogens with zero attached hydrogens (tertiary/aromatic N) is 1. The third-order valence-electron chi connectivity index (χ3n) is 2.23. The Morgan fingerprint density at radius 1 is 1.56 bits per heavy atom. The van der Waals surface area contributed by atoms with Crippen LogP contribution in [0.25, 0.3) is 0 Å². The first-order chi connectivity index (χ1) is 7.49. The smallest absolute Gasteiger partial charge is 0.242 e. The van der Waals surface area contributed by atoms with E-state index in [9.17, 15) is 4.79 Å². The molecule has 1 aromatic heterocycles. The van der Waals surface area contributed by atoms with Crippen LogP contribution in [0.15, 0.2) is 18.3 Å². The number of amides is 1. The summed E-state index contributed by atoms with van der Waals surface area (Å²) in [7, 11) is 0. The second-order valence-corrected chi connectivity index (χ2v) is 4.44. The Balaban J connectivity index is 2.57. The average Bonchev–Trinajstić information content (AvgIpc) is 2.16. The quantitative estimate of drug-likeness (QED) is 0.813. The number of anilines is 1. The lowest BCUT2D eigenvalue weighted by Crippen LogP contribution is -2.36. The zero-order chi connectivity index (χ0) is 12.1. The molecular formula is C12H19N3O. The Kier molecular flexibility index (Phi) is 4.43. The van der Waals surface area contributed by atoms with Crippen molar-refractivity contribution in [1.29, 1.82) is 0 Å². The van der Waals surface area contributed by atoms with Crippen LogP contribution in [0.1, 0.15) is 25.8 Å². The zero-order valence-corrected chi connectivity index (χ0v) is 10.0. The molecule has 4 nitrogen and oxygen atoms in total. The summed E-state index contributed by atoms with van der Waals surface area (Å²) in [6, 6.07) is 3.23. The lowest BCUT2D eigenvalue weighted by atomic mass is 10.0. The SMILES string of the molecule is Cc1ccnc(NC(=O)[C@H](N)CC(C)C)c1. The Bertz CT molecular complexity index is 363. The van der Waals surface area contributed by atoms with Crippen molar-refractivity contribution in [2.24, 2.45) is 11.7 Å². The highest BCUT2D eigenvalue weighted by Crippen LogP contribution is 2.08. The molecule has 0 aromatic carbocycles. The number of carbonyl (C=O) groups excluding carboxylic acids is 1. The number of hydrogen-bond donors (Lipinski definition) is 2. The fraction of sp³-hybridized carbons (Fsp3) is 0.500. The van der Waals surface area contributed by atoms with Gasteiger partial charge in [0.15, 0.2) is 0 Å². The number of nitrogens with two attached hydrogens (primary N) is 1. The van der Waals surface area contributed by atoms with Crippen molar-refractivity contribution in [2.45, 2.75) is 33.2 Å². The molecule has 1 amide bonds. The first kappa shape index (κ1) is 12.6. The highest BCUT2D eigenvalue weighted by Gasteiger charge is 2.15. The van der Waals surface area contributed by atoms with E-state index in [0.717, 1.165) is 5.56 Å². The van der Waals surface area contributed by atoms with Crippen molar-refractivity contribution in [3.05, 3.63) is 23.9 Å². The second kappa shape index (κ2) is 5.61.